The van der Waals surface area contributed by atoms with Crippen molar-refractivity contribution in [1.29, 1.82) is 0 Å². The first-order valence-electron chi connectivity index (χ1n) is 11.4. The number of hydrogen-bond acceptors (Lipinski definition) is 6. The maximum absolute atomic E-state index is 6.77. The number of nitrogens with zero attached hydrogens (tertiary/aromatic N) is 2. The van der Waals surface area contributed by atoms with E-state index in [2.05, 4.69) is 63.3 Å². The standard InChI is InChI=1S/C26H28ClN3O2S/c27-26-23(9-4-10-24(26)32-15-5-12-29-13-16-31-17-14-29)20-7-3-8-22(18-20)28-30-19-21-6-1-2-11-25(21)33-30/h1-4,6-11,18,28H,5,12-17,19H2. The van der Waals surface area contributed by atoms with Crippen LogP contribution in [0.15, 0.2) is 71.6 Å². The fourth-order valence-corrected chi connectivity index (χ4v) is 5.40. The van der Waals surface area contributed by atoms with E-state index in [9.17, 15) is 0 Å². The number of halogens is 1. The van der Waals surface area contributed by atoms with Gasteiger partial charge in [0.15, 0.2) is 0 Å². The van der Waals surface area contributed by atoms with Crippen molar-refractivity contribution >= 4 is 29.2 Å². The van der Waals surface area contributed by atoms with Crippen LogP contribution in [0.1, 0.15) is 12.0 Å². The summed E-state index contributed by atoms with van der Waals surface area (Å²) in [5.41, 5.74) is 7.92. The normalized spacial score (nSPS) is 16.5. The summed E-state index contributed by atoms with van der Waals surface area (Å²) >= 11 is 8.49. The second kappa shape index (κ2) is 10.8. The first-order valence-corrected chi connectivity index (χ1v) is 12.5. The van der Waals surface area contributed by atoms with E-state index in [0.29, 0.717) is 11.6 Å². The second-order valence-corrected chi connectivity index (χ2v) is 9.64. The molecule has 5 rings (SSSR count). The minimum absolute atomic E-state index is 0.648. The summed E-state index contributed by atoms with van der Waals surface area (Å²) in [4.78, 5) is 3.71. The number of hydrazine groups is 1. The van der Waals surface area contributed by atoms with Crippen LogP contribution in [0.5, 0.6) is 5.75 Å². The molecule has 0 saturated carbocycles. The molecule has 5 nitrogen and oxygen atoms in total. The van der Waals surface area contributed by atoms with Gasteiger partial charge >= 0.3 is 0 Å². The highest BCUT2D eigenvalue weighted by Gasteiger charge is 2.19. The van der Waals surface area contributed by atoms with Crippen LogP contribution in [0.4, 0.5) is 5.69 Å². The zero-order chi connectivity index (χ0) is 22.5. The number of hydrogen-bond donors (Lipinski definition) is 1. The van der Waals surface area contributed by atoms with Crippen molar-refractivity contribution in [2.45, 2.75) is 17.9 Å². The maximum atomic E-state index is 6.77. The summed E-state index contributed by atoms with van der Waals surface area (Å²) in [6, 6.07) is 22.8. The monoisotopic (exact) mass is 481 g/mol. The smallest absolute Gasteiger partial charge is 0.138 e. The van der Waals surface area contributed by atoms with Crippen LogP contribution >= 0.6 is 23.5 Å². The Morgan fingerprint density at radius 2 is 1.85 bits per heavy atom. The van der Waals surface area contributed by atoms with Crippen LogP contribution in [0, 0.1) is 0 Å². The maximum Gasteiger partial charge on any atom is 0.138 e. The van der Waals surface area contributed by atoms with Crippen LogP contribution < -0.4 is 10.2 Å². The lowest BCUT2D eigenvalue weighted by Crippen LogP contribution is -2.37. The van der Waals surface area contributed by atoms with Crippen molar-refractivity contribution in [3.8, 4) is 16.9 Å². The van der Waals surface area contributed by atoms with Crippen molar-refractivity contribution in [1.82, 2.24) is 9.31 Å². The Bertz CT molecular complexity index is 1070. The lowest BCUT2D eigenvalue weighted by molar-refractivity contribution is 0.0358. The minimum Gasteiger partial charge on any atom is -0.492 e. The molecule has 3 aromatic rings. The number of anilines is 1. The summed E-state index contributed by atoms with van der Waals surface area (Å²) < 4.78 is 13.6. The molecular weight excluding hydrogens is 454 g/mol. The molecule has 0 atom stereocenters. The van der Waals surface area contributed by atoms with Gasteiger partial charge in [-0.05, 0) is 53.8 Å². The Labute approximate surface area is 204 Å². The highest BCUT2D eigenvalue weighted by atomic mass is 35.5. The summed E-state index contributed by atoms with van der Waals surface area (Å²) in [7, 11) is 0. The Balaban J connectivity index is 1.21. The topological polar surface area (TPSA) is 37.0 Å². The van der Waals surface area contributed by atoms with Gasteiger partial charge in [-0.3, -0.25) is 4.90 Å². The average molecular weight is 482 g/mol. The second-order valence-electron chi connectivity index (χ2n) is 8.20. The number of rotatable bonds is 8. The third-order valence-electron chi connectivity index (χ3n) is 5.87. The predicted molar refractivity (Wildman–Crippen MR) is 136 cm³/mol. The molecule has 0 unspecified atom stereocenters. The lowest BCUT2D eigenvalue weighted by atomic mass is 10.0. The van der Waals surface area contributed by atoms with E-state index in [0.717, 1.165) is 68.4 Å². The van der Waals surface area contributed by atoms with E-state index in [1.54, 1.807) is 11.9 Å². The van der Waals surface area contributed by atoms with Gasteiger partial charge in [0.05, 0.1) is 37.1 Å². The molecule has 0 radical (unpaired) electrons. The third-order valence-corrected chi connectivity index (χ3v) is 7.29. The summed E-state index contributed by atoms with van der Waals surface area (Å²) in [6.45, 7) is 6.19. The molecule has 2 aliphatic rings. The summed E-state index contributed by atoms with van der Waals surface area (Å²) in [6.07, 6.45) is 0.968. The van der Waals surface area contributed by atoms with Crippen molar-refractivity contribution in [2.75, 3.05) is 44.9 Å². The molecule has 1 N–H and O–H groups in total. The lowest BCUT2D eigenvalue weighted by Gasteiger charge is -2.26. The van der Waals surface area contributed by atoms with Crippen molar-refractivity contribution in [2.24, 2.45) is 0 Å². The molecule has 2 aliphatic heterocycles. The fourth-order valence-electron chi connectivity index (χ4n) is 4.13. The molecule has 0 bridgehead atoms. The predicted octanol–water partition coefficient (Wildman–Crippen LogP) is 5.96. The molecular formula is C26H28ClN3O2S. The van der Waals surface area contributed by atoms with Crippen LogP contribution in [0.25, 0.3) is 11.1 Å². The van der Waals surface area contributed by atoms with Gasteiger partial charge in [0.1, 0.15) is 5.75 Å². The number of fused-ring (bicyclic) bond motifs is 1. The van der Waals surface area contributed by atoms with Crippen LogP contribution in [-0.4, -0.2) is 48.8 Å². The van der Waals surface area contributed by atoms with E-state index < -0.39 is 0 Å². The molecule has 2 heterocycles. The van der Waals surface area contributed by atoms with Gasteiger partial charge in [-0.15, -0.1) is 0 Å². The van der Waals surface area contributed by atoms with Crippen molar-refractivity contribution in [3.05, 3.63) is 77.3 Å². The Kier molecular flexibility index (Phi) is 7.39. The van der Waals surface area contributed by atoms with Crippen LogP contribution in [0.2, 0.25) is 5.02 Å². The first kappa shape index (κ1) is 22.6. The van der Waals surface area contributed by atoms with Crippen molar-refractivity contribution in [3.63, 3.8) is 0 Å². The van der Waals surface area contributed by atoms with Gasteiger partial charge in [0, 0.05) is 30.1 Å². The van der Waals surface area contributed by atoms with Gasteiger partial charge in [0.25, 0.3) is 0 Å². The highest BCUT2D eigenvalue weighted by molar-refractivity contribution is 7.97. The Hall–Kier alpha value is -2.22. The average Bonchev–Trinajstić information content (AvgIpc) is 3.26. The SMILES string of the molecule is Clc1c(OCCCN2CCOCC2)cccc1-c1cccc(NN2Cc3ccccc3S2)c1. The third kappa shape index (κ3) is 5.65. The molecule has 1 fully saturated rings. The minimum atomic E-state index is 0.648. The van der Waals surface area contributed by atoms with Gasteiger partial charge < -0.3 is 14.9 Å². The zero-order valence-electron chi connectivity index (χ0n) is 18.5. The molecule has 0 spiro atoms. The molecule has 0 aliphatic carbocycles. The molecule has 1 saturated heterocycles. The van der Waals surface area contributed by atoms with Gasteiger partial charge in [-0.2, -0.15) is 4.41 Å². The largest absolute Gasteiger partial charge is 0.492 e. The van der Waals surface area contributed by atoms with Crippen LogP contribution in [0.3, 0.4) is 0 Å². The number of benzene rings is 3. The molecule has 0 amide bonds. The molecule has 0 aromatic heterocycles. The van der Waals surface area contributed by atoms with E-state index >= 15 is 0 Å². The summed E-state index contributed by atoms with van der Waals surface area (Å²) in [5.74, 6) is 0.736. The van der Waals surface area contributed by atoms with Crippen LogP contribution in [-0.2, 0) is 11.3 Å². The van der Waals surface area contributed by atoms with E-state index in [1.807, 2.05) is 18.2 Å². The molecule has 7 heteroatoms. The first-order chi connectivity index (χ1) is 16.3. The van der Waals surface area contributed by atoms with E-state index in [4.69, 9.17) is 21.1 Å². The number of morpholine rings is 1. The van der Waals surface area contributed by atoms with Gasteiger partial charge in [-0.25, -0.2) is 0 Å². The highest BCUT2D eigenvalue weighted by Crippen LogP contribution is 2.38. The zero-order valence-corrected chi connectivity index (χ0v) is 20.1. The molecule has 3 aromatic carbocycles. The molecule has 33 heavy (non-hydrogen) atoms. The Morgan fingerprint density at radius 1 is 1.00 bits per heavy atom. The fraction of sp³-hybridized carbons (Fsp3) is 0.308. The number of ether oxygens (including phenoxy) is 2. The van der Waals surface area contributed by atoms with Gasteiger partial charge in [-0.1, -0.05) is 54.1 Å². The Morgan fingerprint density at radius 3 is 2.73 bits per heavy atom. The van der Waals surface area contributed by atoms with E-state index in [-0.39, 0.29) is 0 Å². The summed E-state index contributed by atoms with van der Waals surface area (Å²) in [5, 5.41) is 0.656. The van der Waals surface area contributed by atoms with E-state index in [1.165, 1.54) is 10.5 Å². The quantitative estimate of drug-likeness (QED) is 0.316. The molecule has 172 valence electrons. The van der Waals surface area contributed by atoms with Crippen molar-refractivity contribution < 1.29 is 9.47 Å². The number of nitrogens with one attached hydrogen (secondary N) is 1. The van der Waals surface area contributed by atoms with Gasteiger partial charge in [0.2, 0.25) is 0 Å².